The van der Waals surface area contributed by atoms with Crippen molar-refractivity contribution in [1.82, 2.24) is 46.5 Å². The maximum absolute atomic E-state index is 12.8. The lowest BCUT2D eigenvalue weighted by atomic mass is 10.1. The van der Waals surface area contributed by atoms with E-state index in [-0.39, 0.29) is 11.5 Å². The largest absolute Gasteiger partial charge is 0.480 e. The molecule has 0 bridgehead atoms. The van der Waals surface area contributed by atoms with Crippen molar-refractivity contribution in [2.24, 2.45) is 5.84 Å². The Morgan fingerprint density at radius 2 is 0.773 bits per heavy atom. The van der Waals surface area contributed by atoms with Gasteiger partial charge in [0, 0.05) is 38.2 Å². The predicted molar refractivity (Wildman–Crippen MR) is 417 cm³/mol. The standard InChI is InChI=1S/C24H27F3N4O4.C24H25F3N4O3.C14H12F3N3O.C10H17NO4.C9H15NO4/c1-22(2,3)35-21(34)31(4)23(13-14-23)20(33)30-29-19(32)17-7-5-6-8-18(17)28-16-11-9-15(10-12-16)24(25,26)27;1-22(2,3)34-21(32)31(4)23(13-14-23)20-30-29-19(33-20)17-7-5-6-8-18(17)28-16-11-9-15(10-12-16)24(25,26)27;15-14(16,17)9-5-7-10(8-6-9)19-12-4-2-1-3-11(12)13(21)20-18;1-9(2,3)15-8(14)11(4)10(5-6-10)7(12)13;1-8(2,3)14-7(13)10-9(4-5-9)6(11)12/h5-12,28H,13-14H2,1-4H3,(H,29,32)(H,30,33);5-12,28H,13-14H2,1-4H3;1-8,19H,18H2,(H,20,21);5-6H2,1-4H3,(H,12,13);4-5H2,1-3H3,(H,10,13)(H,11,12). The van der Waals surface area contributed by atoms with Crippen molar-refractivity contribution in [3.8, 4) is 11.5 Å². The summed E-state index contributed by atoms with van der Waals surface area (Å²) in [5.74, 6) is 1.95. The molecule has 11 N–H and O–H groups in total. The van der Waals surface area contributed by atoms with E-state index in [9.17, 15) is 82.7 Å². The van der Waals surface area contributed by atoms with Gasteiger partial charge < -0.3 is 54.8 Å². The molecule has 4 saturated carbocycles. The molecule has 7 amide bonds. The third-order valence-corrected chi connectivity index (χ3v) is 18.0. The SMILES string of the molecule is CC(C)(C)OC(=O)NC1(C(=O)O)CC1.CN(C(=O)OC(C)(C)C)C1(C(=O)NNC(=O)c2ccccc2Nc2ccc(C(F)(F)F)cc2)CC1.CN(C(=O)OC(C)(C)C)C1(C(=O)O)CC1.CN(C(=O)OC(C)(C)C)C1(c2nnc(-c3ccccc3Nc3ccc(C(F)(F)F)cc3)o2)CC1.NNC(=O)c1ccccc1Nc1ccc(C(F)(F)F)cc1. The van der Waals surface area contributed by atoms with Crippen molar-refractivity contribution in [1.29, 1.82) is 0 Å². The number of hydrogen-bond acceptors (Lipinski definition) is 20. The van der Waals surface area contributed by atoms with Crippen molar-refractivity contribution < 1.29 is 116 Å². The molecule has 0 saturated heterocycles. The molecule has 0 radical (unpaired) electrons. The number of likely N-dealkylation sites (N-methyl/N-ethyl adjacent to an activating group) is 2. The van der Waals surface area contributed by atoms with E-state index in [1.54, 1.807) is 157 Å². The number of aliphatic carboxylic acids is 2. The van der Waals surface area contributed by atoms with Crippen LogP contribution in [0.4, 0.5) is 92.8 Å². The number of carboxylic acid groups (broad SMARTS) is 2. The van der Waals surface area contributed by atoms with Gasteiger partial charge in [0.2, 0.25) is 11.8 Å². The van der Waals surface area contributed by atoms with Gasteiger partial charge in [-0.25, -0.2) is 34.6 Å². The first-order chi connectivity index (χ1) is 55.0. The minimum atomic E-state index is -4.45. The van der Waals surface area contributed by atoms with E-state index in [0.29, 0.717) is 103 Å². The van der Waals surface area contributed by atoms with Gasteiger partial charge >= 0.3 is 54.8 Å². The zero-order valence-corrected chi connectivity index (χ0v) is 67.8. The highest BCUT2D eigenvalue weighted by Crippen LogP contribution is 2.51. The fraction of sp³-hybridized carbons (Fsp3) is 0.420. The van der Waals surface area contributed by atoms with Gasteiger partial charge in [0.15, 0.2) is 0 Å². The molecule has 11 rings (SSSR count). The number of anilines is 6. The third kappa shape index (κ3) is 26.3. The summed E-state index contributed by atoms with van der Waals surface area (Å²) in [5.41, 5.74) is 1.60. The van der Waals surface area contributed by atoms with Gasteiger partial charge in [-0.3, -0.25) is 45.4 Å². The fourth-order valence-electron chi connectivity index (χ4n) is 10.9. The highest BCUT2D eigenvalue weighted by molar-refractivity contribution is 6.02. The number of carbonyl (C=O) groups excluding carboxylic acids is 7. The Hall–Kier alpha value is -12.4. The van der Waals surface area contributed by atoms with Crippen molar-refractivity contribution in [3.63, 3.8) is 0 Å². The fourth-order valence-corrected chi connectivity index (χ4v) is 10.9. The summed E-state index contributed by atoms with van der Waals surface area (Å²) in [6.07, 6.45) is -11.5. The van der Waals surface area contributed by atoms with Crippen LogP contribution >= 0.6 is 0 Å². The van der Waals surface area contributed by atoms with Gasteiger partial charge in [0.1, 0.15) is 44.6 Å². The van der Waals surface area contributed by atoms with E-state index in [0.717, 1.165) is 36.4 Å². The van der Waals surface area contributed by atoms with E-state index in [4.69, 9.17) is 39.4 Å². The van der Waals surface area contributed by atoms with Crippen LogP contribution in [0.5, 0.6) is 0 Å². The van der Waals surface area contributed by atoms with E-state index in [1.807, 2.05) is 5.43 Å². The van der Waals surface area contributed by atoms with Crippen molar-refractivity contribution in [2.75, 3.05) is 37.1 Å². The Morgan fingerprint density at radius 3 is 1.12 bits per heavy atom. The summed E-state index contributed by atoms with van der Waals surface area (Å²) < 4.78 is 141. The maximum Gasteiger partial charge on any atom is 0.416 e. The predicted octanol–water partition coefficient (Wildman–Crippen LogP) is 16.6. The van der Waals surface area contributed by atoms with Crippen molar-refractivity contribution in [3.05, 3.63) is 179 Å². The van der Waals surface area contributed by atoms with Gasteiger partial charge in [-0.15, -0.1) is 10.2 Å². The molecule has 6 aromatic carbocycles. The highest BCUT2D eigenvalue weighted by atomic mass is 19.4. The number of nitrogen functional groups attached to an aromatic ring is 1. The summed E-state index contributed by atoms with van der Waals surface area (Å²) in [5, 5.41) is 37.4. The Labute approximate surface area is 679 Å². The Balaban J connectivity index is 0.000000215. The number of carboxylic acids is 2. The van der Waals surface area contributed by atoms with Crippen LogP contribution in [0.15, 0.2) is 150 Å². The third-order valence-electron chi connectivity index (χ3n) is 18.0. The number of para-hydroxylation sites is 3. The number of amides is 7. The van der Waals surface area contributed by atoms with Crippen LogP contribution in [0.1, 0.15) is 178 Å². The number of ether oxygens (including phenoxy) is 4. The minimum absolute atomic E-state index is 0.151. The lowest BCUT2D eigenvalue weighted by Gasteiger charge is -2.30. The lowest BCUT2D eigenvalue weighted by molar-refractivity contribution is -0.144. The Bertz CT molecular complexity index is 4770. The average Bonchev–Trinajstić information content (AvgIpc) is 1.59. The number of nitrogens with zero attached hydrogens (tertiary/aromatic N) is 5. The number of hydrazine groups is 2. The number of aromatic nitrogens is 2. The molecule has 38 heteroatoms. The number of rotatable bonds is 17. The number of hydrogen-bond donors (Lipinski definition) is 10. The zero-order chi connectivity index (χ0) is 89.0. The van der Waals surface area contributed by atoms with Gasteiger partial charge in [0.05, 0.1) is 50.4 Å². The number of carbonyl (C=O) groups is 9. The number of nitrogens with two attached hydrogens (primary N) is 1. The van der Waals surface area contributed by atoms with Crippen LogP contribution in [0, 0.1) is 0 Å². The van der Waals surface area contributed by atoms with E-state index >= 15 is 0 Å². The molecular formula is C81H96F9N13O16. The molecule has 0 atom stereocenters. The second-order valence-electron chi connectivity index (χ2n) is 32.1. The van der Waals surface area contributed by atoms with E-state index < -0.39 is 134 Å². The lowest BCUT2D eigenvalue weighted by Crippen LogP contribution is -2.55. The van der Waals surface area contributed by atoms with Gasteiger partial charge in [-0.1, -0.05) is 36.4 Å². The quantitative estimate of drug-likeness (QED) is 0.0133. The molecule has 0 unspecified atom stereocenters. The number of alkyl halides is 9. The van der Waals surface area contributed by atoms with Crippen molar-refractivity contribution in [2.45, 2.75) is 198 Å². The molecule has 0 aliphatic heterocycles. The molecule has 4 aliphatic carbocycles. The van der Waals surface area contributed by atoms with E-state index in [2.05, 4.69) is 42.3 Å². The second-order valence-corrected chi connectivity index (χ2v) is 32.1. The molecule has 29 nitrogen and oxygen atoms in total. The smallest absolute Gasteiger partial charge is 0.416 e. The van der Waals surface area contributed by atoms with Crippen LogP contribution in [0.25, 0.3) is 11.5 Å². The maximum atomic E-state index is 12.8. The molecule has 1 heterocycles. The average molecular weight is 1680 g/mol. The molecule has 644 valence electrons. The van der Waals surface area contributed by atoms with Crippen LogP contribution in [0.2, 0.25) is 0 Å². The number of alkyl carbamates (subject to hydrolysis) is 1. The van der Waals surface area contributed by atoms with Crippen LogP contribution in [0.3, 0.4) is 0 Å². The molecule has 7 aromatic rings. The normalized spacial score (nSPS) is 15.0. The van der Waals surface area contributed by atoms with Crippen LogP contribution in [-0.2, 0) is 57.4 Å². The number of nitrogens with one attached hydrogen (secondary N) is 7. The first-order valence-corrected chi connectivity index (χ1v) is 36.9. The second kappa shape index (κ2) is 36.6. The van der Waals surface area contributed by atoms with Gasteiger partial charge in [0.25, 0.3) is 17.7 Å². The van der Waals surface area contributed by atoms with Crippen molar-refractivity contribution >= 4 is 88.2 Å². The van der Waals surface area contributed by atoms with Crippen LogP contribution in [-0.4, -0.2) is 149 Å². The Morgan fingerprint density at radius 1 is 0.420 bits per heavy atom. The summed E-state index contributed by atoms with van der Waals surface area (Å²) in [7, 11) is 4.58. The minimum Gasteiger partial charge on any atom is -0.480 e. The Kier molecular flexibility index (Phi) is 28.9. The first-order valence-electron chi connectivity index (χ1n) is 36.9. The highest BCUT2D eigenvalue weighted by Gasteiger charge is 2.59. The first kappa shape index (κ1) is 93.8. The molecule has 119 heavy (non-hydrogen) atoms. The molecule has 0 spiro atoms. The summed E-state index contributed by atoms with van der Waals surface area (Å²) >= 11 is 0. The van der Waals surface area contributed by atoms with Gasteiger partial charge in [-0.2, -0.15) is 39.5 Å². The van der Waals surface area contributed by atoms with Gasteiger partial charge in [-0.05, 0) is 244 Å². The number of benzene rings is 6. The van der Waals surface area contributed by atoms with E-state index in [1.165, 1.54) is 71.3 Å². The summed E-state index contributed by atoms with van der Waals surface area (Å²) in [6, 6.07) is 33.6. The summed E-state index contributed by atoms with van der Waals surface area (Å²) in [6.45, 7) is 21.0. The molecule has 4 fully saturated rings. The topological polar surface area (TPSA) is 390 Å². The summed E-state index contributed by atoms with van der Waals surface area (Å²) in [4.78, 5) is 110. The number of halogens is 9. The van der Waals surface area contributed by atoms with Crippen LogP contribution < -0.4 is 43.4 Å². The molecular weight excluding hydrogens is 1580 g/mol. The molecule has 1 aromatic heterocycles. The monoisotopic (exact) mass is 1680 g/mol. The zero-order valence-electron chi connectivity index (χ0n) is 67.8. The molecule has 4 aliphatic rings.